The van der Waals surface area contributed by atoms with Gasteiger partial charge in [-0.2, -0.15) is 0 Å². The fraction of sp³-hybridized carbons (Fsp3) is 0.105. The van der Waals surface area contributed by atoms with Crippen LogP contribution in [-0.2, 0) is 4.79 Å². The number of hydrogen-bond acceptors (Lipinski definition) is 4. The Balaban J connectivity index is 2.00. The van der Waals surface area contributed by atoms with E-state index in [1.54, 1.807) is 25.3 Å². The summed E-state index contributed by atoms with van der Waals surface area (Å²) in [4.78, 5) is 27.2. The molecule has 2 aromatic rings. The zero-order valence-corrected chi connectivity index (χ0v) is 13.6. The molecule has 0 aromatic heterocycles. The van der Waals surface area contributed by atoms with Crippen LogP contribution in [0.1, 0.15) is 22.3 Å². The average molecular weight is 335 g/mol. The molecule has 1 amide bonds. The molecule has 6 heteroatoms. The number of carbonyl (C=O) groups is 2. The van der Waals surface area contributed by atoms with Gasteiger partial charge in [0.05, 0.1) is 5.69 Å². The Bertz CT molecular complexity index is 912. The van der Waals surface area contributed by atoms with Crippen molar-refractivity contribution in [3.05, 3.63) is 59.2 Å². The number of nitrogens with zero attached hydrogens (tertiary/aromatic N) is 1. The van der Waals surface area contributed by atoms with Gasteiger partial charge in [0.25, 0.3) is 5.91 Å². The van der Waals surface area contributed by atoms with E-state index in [0.29, 0.717) is 16.8 Å². The van der Waals surface area contributed by atoms with Crippen molar-refractivity contribution in [1.29, 1.82) is 0 Å². The first-order chi connectivity index (χ1) is 12.0. The summed E-state index contributed by atoms with van der Waals surface area (Å²) in [7, 11) is 1.59. The van der Waals surface area contributed by atoms with Crippen molar-refractivity contribution in [3.8, 4) is 11.1 Å². The van der Waals surface area contributed by atoms with Crippen molar-refractivity contribution in [2.75, 3.05) is 7.05 Å². The van der Waals surface area contributed by atoms with E-state index in [9.17, 15) is 14.7 Å². The largest absolute Gasteiger partial charge is 0.478 e. The van der Waals surface area contributed by atoms with Gasteiger partial charge in [-0.15, -0.1) is 0 Å². The number of aliphatic imine (C=N–C) groups is 1. The molecule has 6 nitrogen and oxygen atoms in total. The summed E-state index contributed by atoms with van der Waals surface area (Å²) in [6.07, 6.45) is 1.71. The number of amides is 1. The van der Waals surface area contributed by atoms with Gasteiger partial charge in [0.1, 0.15) is 5.84 Å². The van der Waals surface area contributed by atoms with E-state index in [4.69, 9.17) is 5.73 Å². The van der Waals surface area contributed by atoms with Crippen LogP contribution in [0.15, 0.2) is 53.0 Å². The molecule has 0 fully saturated rings. The molecule has 1 aliphatic rings. The van der Waals surface area contributed by atoms with Gasteiger partial charge >= 0.3 is 5.97 Å². The van der Waals surface area contributed by atoms with Crippen molar-refractivity contribution in [1.82, 2.24) is 5.32 Å². The van der Waals surface area contributed by atoms with E-state index in [-0.39, 0.29) is 23.7 Å². The lowest BCUT2D eigenvalue weighted by Gasteiger charge is -2.07. The number of carboxylic acid groups (broad SMARTS) is 1. The Morgan fingerprint density at radius 1 is 1.12 bits per heavy atom. The van der Waals surface area contributed by atoms with Gasteiger partial charge in [0.2, 0.25) is 0 Å². The summed E-state index contributed by atoms with van der Waals surface area (Å²) in [6.45, 7) is 0. The molecule has 0 saturated carbocycles. The molecular weight excluding hydrogens is 318 g/mol. The molecule has 126 valence electrons. The highest BCUT2D eigenvalue weighted by molar-refractivity contribution is 6.02. The van der Waals surface area contributed by atoms with E-state index in [1.807, 2.05) is 30.3 Å². The molecule has 4 N–H and O–H groups in total. The fourth-order valence-electron chi connectivity index (χ4n) is 2.67. The Morgan fingerprint density at radius 3 is 2.44 bits per heavy atom. The quantitative estimate of drug-likeness (QED) is 0.801. The van der Waals surface area contributed by atoms with Crippen molar-refractivity contribution in [3.63, 3.8) is 0 Å². The van der Waals surface area contributed by atoms with Gasteiger partial charge in [0, 0.05) is 30.2 Å². The lowest BCUT2D eigenvalue weighted by Crippen LogP contribution is -2.17. The number of carboxylic acids is 1. The van der Waals surface area contributed by atoms with Crippen LogP contribution in [-0.4, -0.2) is 29.9 Å². The van der Waals surface area contributed by atoms with Gasteiger partial charge < -0.3 is 16.2 Å². The van der Waals surface area contributed by atoms with Crippen molar-refractivity contribution in [2.45, 2.75) is 6.42 Å². The van der Waals surface area contributed by atoms with Crippen LogP contribution in [0.2, 0.25) is 0 Å². The van der Waals surface area contributed by atoms with Crippen molar-refractivity contribution < 1.29 is 14.7 Å². The summed E-state index contributed by atoms with van der Waals surface area (Å²) in [5.41, 5.74) is 9.80. The van der Waals surface area contributed by atoms with Crippen LogP contribution in [0.3, 0.4) is 0 Å². The van der Waals surface area contributed by atoms with Gasteiger partial charge in [-0.3, -0.25) is 4.79 Å². The number of nitrogens with two attached hydrogens (primary N) is 1. The number of aliphatic carboxylic acids is 1. The Hall–Kier alpha value is -3.41. The molecule has 0 aliphatic carbocycles. The highest BCUT2D eigenvalue weighted by Gasteiger charge is 2.15. The van der Waals surface area contributed by atoms with Crippen LogP contribution in [0.25, 0.3) is 17.2 Å². The minimum absolute atomic E-state index is 0.111. The van der Waals surface area contributed by atoms with Gasteiger partial charge in [-0.05, 0) is 35.4 Å². The summed E-state index contributed by atoms with van der Waals surface area (Å²) >= 11 is 0. The molecule has 0 atom stereocenters. The highest BCUT2D eigenvalue weighted by Crippen LogP contribution is 2.31. The molecule has 0 radical (unpaired) electrons. The van der Waals surface area contributed by atoms with Gasteiger partial charge in [0.15, 0.2) is 0 Å². The van der Waals surface area contributed by atoms with E-state index in [1.165, 1.54) is 0 Å². The number of fused-ring (bicyclic) bond motifs is 1. The summed E-state index contributed by atoms with van der Waals surface area (Å²) in [5.74, 6) is -0.878. The zero-order valence-electron chi connectivity index (χ0n) is 13.6. The molecule has 0 saturated heterocycles. The Kier molecular flexibility index (Phi) is 4.35. The maximum atomic E-state index is 11.6. The summed E-state index contributed by atoms with van der Waals surface area (Å²) in [5, 5.41) is 11.8. The minimum Gasteiger partial charge on any atom is -0.478 e. The number of rotatable bonds is 3. The molecule has 3 rings (SSSR count). The first-order valence-corrected chi connectivity index (χ1v) is 7.71. The second-order valence-corrected chi connectivity index (χ2v) is 5.68. The second-order valence-electron chi connectivity index (χ2n) is 5.68. The summed E-state index contributed by atoms with van der Waals surface area (Å²) < 4.78 is 0. The molecule has 2 aromatic carbocycles. The van der Waals surface area contributed by atoms with E-state index in [2.05, 4.69) is 10.3 Å². The van der Waals surface area contributed by atoms with Crippen LogP contribution in [0, 0.1) is 0 Å². The van der Waals surface area contributed by atoms with Crippen LogP contribution in [0.4, 0.5) is 5.69 Å². The Morgan fingerprint density at radius 2 is 1.80 bits per heavy atom. The van der Waals surface area contributed by atoms with Gasteiger partial charge in [-0.1, -0.05) is 24.3 Å². The first kappa shape index (κ1) is 16.4. The highest BCUT2D eigenvalue weighted by atomic mass is 16.4. The molecule has 0 bridgehead atoms. The van der Waals surface area contributed by atoms with Crippen LogP contribution >= 0.6 is 0 Å². The SMILES string of the molecule is CNC(=O)c1ccc(-c2ccc3c(c2)N=C(N)CC(C(=O)O)=C3)cc1. The Labute approximate surface area is 144 Å². The van der Waals surface area contributed by atoms with E-state index < -0.39 is 5.97 Å². The maximum absolute atomic E-state index is 11.6. The normalized spacial score (nSPS) is 13.2. The summed E-state index contributed by atoms with van der Waals surface area (Å²) in [6, 6.07) is 12.8. The molecule has 1 heterocycles. The molecule has 1 aliphatic heterocycles. The van der Waals surface area contributed by atoms with Crippen molar-refractivity contribution >= 4 is 29.5 Å². The number of carbonyl (C=O) groups excluding carboxylic acids is 1. The number of nitrogens with one attached hydrogen (secondary N) is 1. The first-order valence-electron chi connectivity index (χ1n) is 7.71. The standard InChI is InChI=1S/C19H17N3O3/c1-21-18(23)12-4-2-11(3-5-12)13-6-7-14-8-15(19(24)25)10-17(20)22-16(14)9-13/h2-9H,10H2,1H3,(H2,20,22)(H,21,23)(H,24,25). The predicted octanol–water partition coefficient (Wildman–Crippen LogP) is 2.57. The lowest BCUT2D eigenvalue weighted by molar-refractivity contribution is -0.132. The third-order valence-corrected chi connectivity index (χ3v) is 3.98. The predicted molar refractivity (Wildman–Crippen MR) is 96.8 cm³/mol. The third-order valence-electron chi connectivity index (χ3n) is 3.98. The number of amidine groups is 1. The average Bonchev–Trinajstić information content (AvgIpc) is 2.78. The number of hydrogen-bond donors (Lipinski definition) is 3. The van der Waals surface area contributed by atoms with Gasteiger partial charge in [-0.25, -0.2) is 9.79 Å². The third kappa shape index (κ3) is 3.42. The zero-order chi connectivity index (χ0) is 18.0. The van der Waals surface area contributed by atoms with Crippen molar-refractivity contribution in [2.24, 2.45) is 10.7 Å². The molecule has 0 spiro atoms. The lowest BCUT2D eigenvalue weighted by atomic mass is 10.00. The number of benzene rings is 2. The molecule has 25 heavy (non-hydrogen) atoms. The fourth-order valence-corrected chi connectivity index (χ4v) is 2.67. The monoisotopic (exact) mass is 335 g/mol. The van der Waals surface area contributed by atoms with Crippen LogP contribution in [0.5, 0.6) is 0 Å². The minimum atomic E-state index is -1.00. The smallest absolute Gasteiger partial charge is 0.332 e. The van der Waals surface area contributed by atoms with Crippen LogP contribution < -0.4 is 11.1 Å². The van der Waals surface area contributed by atoms with E-state index >= 15 is 0 Å². The molecule has 0 unspecified atom stereocenters. The second kappa shape index (κ2) is 6.60. The topological polar surface area (TPSA) is 105 Å². The maximum Gasteiger partial charge on any atom is 0.332 e. The van der Waals surface area contributed by atoms with E-state index in [0.717, 1.165) is 11.1 Å². The molecular formula is C19H17N3O3.